The van der Waals surface area contributed by atoms with Crippen LogP contribution in [0.3, 0.4) is 0 Å². The Kier molecular flexibility index (Phi) is 6.85. The summed E-state index contributed by atoms with van der Waals surface area (Å²) in [6.45, 7) is 3.83. The van der Waals surface area contributed by atoms with Gasteiger partial charge in [0.1, 0.15) is 17.9 Å². The highest BCUT2D eigenvalue weighted by Gasteiger charge is 2.23. The fraction of sp³-hybridized carbons (Fsp3) is 0.360. The van der Waals surface area contributed by atoms with E-state index in [0.29, 0.717) is 22.8 Å². The van der Waals surface area contributed by atoms with Gasteiger partial charge in [0.15, 0.2) is 11.6 Å². The van der Waals surface area contributed by atoms with Crippen LogP contribution in [-0.2, 0) is 6.54 Å². The van der Waals surface area contributed by atoms with Crippen LogP contribution < -0.4 is 0 Å². The first-order valence-electron chi connectivity index (χ1n) is 11.1. The van der Waals surface area contributed by atoms with Crippen molar-refractivity contribution in [3.05, 3.63) is 71.4 Å². The number of aliphatic hydroxyl groups is 1. The average Bonchev–Trinajstić information content (AvgIpc) is 3.09. The predicted molar refractivity (Wildman–Crippen MR) is 124 cm³/mol. The molecule has 1 N–H and O–H groups in total. The molecule has 0 saturated heterocycles. The third kappa shape index (κ3) is 5.29. The molecule has 4 rings (SSSR count). The van der Waals surface area contributed by atoms with E-state index in [9.17, 15) is 13.9 Å². The number of hydrogen-bond acceptors (Lipinski definition) is 5. The van der Waals surface area contributed by atoms with Gasteiger partial charge in [-0.2, -0.15) is 5.10 Å². The zero-order valence-electron chi connectivity index (χ0n) is 19.2. The Bertz CT molecular complexity index is 1120. The van der Waals surface area contributed by atoms with Crippen LogP contribution >= 0.6 is 0 Å². The maximum atomic E-state index is 13.5. The summed E-state index contributed by atoms with van der Waals surface area (Å²) < 4.78 is 28.5. The van der Waals surface area contributed by atoms with Crippen molar-refractivity contribution in [3.63, 3.8) is 0 Å². The first-order valence-corrected chi connectivity index (χ1v) is 11.1. The largest absolute Gasteiger partial charge is 0.381 e. The second-order valence-electron chi connectivity index (χ2n) is 8.59. The lowest BCUT2D eigenvalue weighted by molar-refractivity contribution is -0.00840. The molecular formula is C25H29F2N5O. The number of aromatic nitrogens is 3. The van der Waals surface area contributed by atoms with Crippen molar-refractivity contribution < 1.29 is 13.9 Å². The van der Waals surface area contributed by atoms with Crippen LogP contribution in [-0.4, -0.2) is 63.1 Å². The Morgan fingerprint density at radius 1 is 0.939 bits per heavy atom. The van der Waals surface area contributed by atoms with Gasteiger partial charge < -0.3 is 10.0 Å². The molecule has 1 aromatic heterocycles. The standard InChI is InChI=1S/C25H29F2N5O/c1-17-12-14-31(15-13-22(17)30(2)3)23(33)16-32-25(19-6-10-21(27)11-7-19)28-24(29-32)18-4-8-20(26)9-5-18/h4-11,23,33H,12-16H2,1-3H3. The van der Waals surface area contributed by atoms with Crippen molar-refractivity contribution >= 4 is 0 Å². The van der Waals surface area contributed by atoms with E-state index in [1.807, 2.05) is 19.0 Å². The zero-order valence-corrected chi connectivity index (χ0v) is 19.2. The predicted octanol–water partition coefficient (Wildman–Crippen LogP) is 4.14. The molecule has 174 valence electrons. The van der Waals surface area contributed by atoms with Crippen LogP contribution in [0.5, 0.6) is 0 Å². The van der Waals surface area contributed by atoms with Gasteiger partial charge in [-0.1, -0.05) is 5.57 Å². The maximum Gasteiger partial charge on any atom is 0.181 e. The molecule has 1 unspecified atom stereocenters. The summed E-state index contributed by atoms with van der Waals surface area (Å²) >= 11 is 0. The van der Waals surface area contributed by atoms with Gasteiger partial charge in [0, 0.05) is 50.4 Å². The van der Waals surface area contributed by atoms with Gasteiger partial charge in [-0.3, -0.25) is 4.90 Å². The maximum absolute atomic E-state index is 13.5. The Labute approximate surface area is 192 Å². The molecule has 8 heteroatoms. The van der Waals surface area contributed by atoms with Gasteiger partial charge in [-0.15, -0.1) is 0 Å². The normalized spacial score (nSPS) is 16.1. The second-order valence-corrected chi connectivity index (χ2v) is 8.59. The summed E-state index contributed by atoms with van der Waals surface area (Å²) in [5, 5.41) is 15.7. The average molecular weight is 454 g/mol. The van der Waals surface area contributed by atoms with E-state index in [2.05, 4.69) is 21.9 Å². The minimum absolute atomic E-state index is 0.206. The molecule has 1 aliphatic rings. The fourth-order valence-corrected chi connectivity index (χ4v) is 4.21. The van der Waals surface area contributed by atoms with E-state index in [1.165, 1.54) is 35.5 Å². The van der Waals surface area contributed by atoms with Crippen molar-refractivity contribution in [1.29, 1.82) is 0 Å². The van der Waals surface area contributed by atoms with Crippen LogP contribution in [0.15, 0.2) is 59.8 Å². The molecule has 1 aliphatic heterocycles. The van der Waals surface area contributed by atoms with E-state index in [4.69, 9.17) is 0 Å². The third-order valence-electron chi connectivity index (χ3n) is 6.08. The number of hydrogen-bond donors (Lipinski definition) is 1. The van der Waals surface area contributed by atoms with E-state index in [0.717, 1.165) is 25.9 Å². The molecular weight excluding hydrogens is 424 g/mol. The minimum atomic E-state index is -0.763. The molecule has 0 bridgehead atoms. The molecule has 2 aromatic carbocycles. The quantitative estimate of drug-likeness (QED) is 0.608. The number of aliphatic hydroxyl groups excluding tert-OH is 1. The van der Waals surface area contributed by atoms with Gasteiger partial charge in [0.2, 0.25) is 0 Å². The highest BCUT2D eigenvalue weighted by atomic mass is 19.1. The Morgan fingerprint density at radius 2 is 1.52 bits per heavy atom. The minimum Gasteiger partial charge on any atom is -0.381 e. The third-order valence-corrected chi connectivity index (χ3v) is 6.08. The molecule has 33 heavy (non-hydrogen) atoms. The SMILES string of the molecule is CC1=C(N(C)C)CCN(C(O)Cn2nc(-c3ccc(F)cc3)nc2-c2ccc(F)cc2)CC1. The molecule has 0 radical (unpaired) electrons. The van der Waals surface area contributed by atoms with Crippen molar-refractivity contribution in [2.75, 3.05) is 27.2 Å². The molecule has 0 aliphatic carbocycles. The lowest BCUT2D eigenvalue weighted by Crippen LogP contribution is -2.39. The molecule has 0 fully saturated rings. The van der Waals surface area contributed by atoms with Gasteiger partial charge in [-0.05, 0) is 61.9 Å². The van der Waals surface area contributed by atoms with E-state index >= 15 is 0 Å². The van der Waals surface area contributed by atoms with E-state index in [-0.39, 0.29) is 18.2 Å². The number of benzene rings is 2. The number of rotatable bonds is 6. The molecule has 1 atom stereocenters. The van der Waals surface area contributed by atoms with E-state index in [1.54, 1.807) is 28.9 Å². The summed E-state index contributed by atoms with van der Waals surface area (Å²) in [5.41, 5.74) is 3.99. The van der Waals surface area contributed by atoms with E-state index < -0.39 is 6.23 Å². The van der Waals surface area contributed by atoms with Crippen LogP contribution in [0.25, 0.3) is 22.8 Å². The van der Waals surface area contributed by atoms with Crippen molar-refractivity contribution in [3.8, 4) is 22.8 Å². The van der Waals surface area contributed by atoms with Crippen LogP contribution in [0.2, 0.25) is 0 Å². The highest BCUT2D eigenvalue weighted by molar-refractivity contribution is 5.61. The summed E-state index contributed by atoms with van der Waals surface area (Å²) in [6, 6.07) is 12.0. The summed E-state index contributed by atoms with van der Waals surface area (Å²) in [4.78, 5) is 8.83. The molecule has 0 amide bonds. The van der Waals surface area contributed by atoms with Crippen LogP contribution in [0.4, 0.5) is 8.78 Å². The summed E-state index contributed by atoms with van der Waals surface area (Å²) in [6.07, 6.45) is 0.980. The summed E-state index contributed by atoms with van der Waals surface area (Å²) in [5.74, 6) is 0.263. The number of nitrogens with zero attached hydrogens (tertiary/aromatic N) is 5. The lowest BCUT2D eigenvalue weighted by Gasteiger charge is -2.27. The molecule has 0 saturated carbocycles. The second kappa shape index (κ2) is 9.80. The first kappa shape index (κ1) is 23.1. The molecule has 2 heterocycles. The molecule has 0 spiro atoms. The van der Waals surface area contributed by atoms with Gasteiger partial charge in [0.05, 0.1) is 6.54 Å². The van der Waals surface area contributed by atoms with Crippen LogP contribution in [0, 0.1) is 11.6 Å². The molecule has 6 nitrogen and oxygen atoms in total. The van der Waals surface area contributed by atoms with Gasteiger partial charge in [-0.25, -0.2) is 18.4 Å². The molecule has 3 aromatic rings. The van der Waals surface area contributed by atoms with Gasteiger partial charge >= 0.3 is 0 Å². The zero-order chi connectivity index (χ0) is 23.5. The van der Waals surface area contributed by atoms with Crippen molar-refractivity contribution in [2.45, 2.75) is 32.5 Å². The van der Waals surface area contributed by atoms with Crippen LogP contribution in [0.1, 0.15) is 19.8 Å². The van der Waals surface area contributed by atoms with Crippen molar-refractivity contribution in [2.24, 2.45) is 0 Å². The first-order chi connectivity index (χ1) is 15.8. The van der Waals surface area contributed by atoms with Gasteiger partial charge in [0.25, 0.3) is 0 Å². The smallest absolute Gasteiger partial charge is 0.181 e. The lowest BCUT2D eigenvalue weighted by atomic mass is 10.1. The fourth-order valence-electron chi connectivity index (χ4n) is 4.21. The monoisotopic (exact) mass is 453 g/mol. The summed E-state index contributed by atoms with van der Waals surface area (Å²) in [7, 11) is 4.10. The topological polar surface area (TPSA) is 57.4 Å². The Balaban J connectivity index is 1.60. The Morgan fingerprint density at radius 3 is 2.12 bits per heavy atom. The Hall–Kier alpha value is -3.10. The highest BCUT2D eigenvalue weighted by Crippen LogP contribution is 2.25. The number of halogens is 2. The van der Waals surface area contributed by atoms with Crippen molar-refractivity contribution in [1.82, 2.24) is 24.6 Å².